The van der Waals surface area contributed by atoms with E-state index in [4.69, 9.17) is 4.74 Å². The fourth-order valence-corrected chi connectivity index (χ4v) is 3.06. The molecule has 1 atom stereocenters. The van der Waals surface area contributed by atoms with E-state index in [9.17, 15) is 9.59 Å². The number of Topliss-reactive ketones (excluding diaryl/α,β-unsaturated/α-hetero) is 1. The maximum atomic E-state index is 12.7. The van der Waals surface area contributed by atoms with E-state index < -0.39 is 5.92 Å². The Bertz CT molecular complexity index is 461. The second-order valence-electron chi connectivity index (χ2n) is 5.73. The molecule has 1 unspecified atom stereocenters. The average Bonchev–Trinajstić information content (AvgIpc) is 2.54. The first-order chi connectivity index (χ1) is 10.2. The van der Waals surface area contributed by atoms with Gasteiger partial charge in [0.05, 0.1) is 6.61 Å². The van der Waals surface area contributed by atoms with Crippen molar-refractivity contribution in [2.45, 2.75) is 45.4 Å². The summed E-state index contributed by atoms with van der Waals surface area (Å²) in [6, 6.07) is 9.72. The molecule has 3 heteroatoms. The normalized spacial score (nSPS) is 17.2. The lowest BCUT2D eigenvalue weighted by Crippen LogP contribution is -2.34. The van der Waals surface area contributed by atoms with Crippen molar-refractivity contribution in [2.24, 2.45) is 11.8 Å². The summed E-state index contributed by atoms with van der Waals surface area (Å²) in [7, 11) is 0. The van der Waals surface area contributed by atoms with Gasteiger partial charge in [0.1, 0.15) is 5.92 Å². The molecular formula is C18H24O3. The Balaban J connectivity index is 2.10. The largest absolute Gasteiger partial charge is 0.465 e. The molecular weight excluding hydrogens is 264 g/mol. The van der Waals surface area contributed by atoms with Gasteiger partial charge in [-0.15, -0.1) is 0 Å². The molecule has 0 N–H and O–H groups in total. The third kappa shape index (κ3) is 4.42. The van der Waals surface area contributed by atoms with Gasteiger partial charge in [-0.3, -0.25) is 9.59 Å². The summed E-state index contributed by atoms with van der Waals surface area (Å²) in [6.07, 6.45) is 5.68. The van der Waals surface area contributed by atoms with Crippen LogP contribution in [0.15, 0.2) is 30.3 Å². The number of hydrogen-bond donors (Lipinski definition) is 0. The number of hydrogen-bond acceptors (Lipinski definition) is 3. The van der Waals surface area contributed by atoms with Crippen LogP contribution in [0.2, 0.25) is 0 Å². The topological polar surface area (TPSA) is 43.4 Å². The molecule has 0 saturated heterocycles. The molecule has 0 aromatic heterocycles. The molecule has 3 nitrogen and oxygen atoms in total. The van der Waals surface area contributed by atoms with Crippen molar-refractivity contribution < 1.29 is 14.3 Å². The summed E-state index contributed by atoms with van der Waals surface area (Å²) in [5.74, 6) is -0.888. The zero-order valence-corrected chi connectivity index (χ0v) is 12.7. The standard InChI is InChI=1S/C18H24O3/c1-2-21-18(20)16(13-14-9-5-3-6-10-14)17(19)15-11-7-4-8-12-15/h3,5-6,9-10,15-16H,2,4,7-8,11-13H2,1H3. The van der Waals surface area contributed by atoms with Crippen molar-refractivity contribution in [3.8, 4) is 0 Å². The third-order valence-corrected chi connectivity index (χ3v) is 4.20. The van der Waals surface area contributed by atoms with Crippen LogP contribution in [0.5, 0.6) is 0 Å². The Morgan fingerprint density at radius 1 is 1.14 bits per heavy atom. The molecule has 0 aliphatic heterocycles. The number of benzene rings is 1. The van der Waals surface area contributed by atoms with Crippen LogP contribution in [-0.4, -0.2) is 18.4 Å². The second-order valence-corrected chi connectivity index (χ2v) is 5.73. The first-order valence-electron chi connectivity index (χ1n) is 7.96. The van der Waals surface area contributed by atoms with Gasteiger partial charge in [0.15, 0.2) is 5.78 Å². The first-order valence-corrected chi connectivity index (χ1v) is 7.96. The van der Waals surface area contributed by atoms with Gasteiger partial charge in [0.25, 0.3) is 0 Å². The van der Waals surface area contributed by atoms with E-state index in [0.717, 1.165) is 31.2 Å². The quantitative estimate of drug-likeness (QED) is 0.594. The summed E-state index contributed by atoms with van der Waals surface area (Å²) in [4.78, 5) is 24.9. The molecule has 2 rings (SSSR count). The number of ketones is 1. The van der Waals surface area contributed by atoms with Gasteiger partial charge in [-0.1, -0.05) is 49.6 Å². The van der Waals surface area contributed by atoms with Gasteiger partial charge in [-0.05, 0) is 31.7 Å². The Morgan fingerprint density at radius 3 is 2.43 bits per heavy atom. The Morgan fingerprint density at radius 2 is 1.81 bits per heavy atom. The lowest BCUT2D eigenvalue weighted by molar-refractivity contribution is -0.152. The molecule has 1 aliphatic carbocycles. The van der Waals surface area contributed by atoms with Crippen molar-refractivity contribution in [3.05, 3.63) is 35.9 Å². The number of ether oxygens (including phenoxy) is 1. The molecule has 1 aromatic rings. The second kappa shape index (κ2) is 7.96. The SMILES string of the molecule is CCOC(=O)C(Cc1ccccc1)C(=O)C1CCCCC1. The Labute approximate surface area is 126 Å². The summed E-state index contributed by atoms with van der Waals surface area (Å²) >= 11 is 0. The zero-order valence-electron chi connectivity index (χ0n) is 12.7. The van der Waals surface area contributed by atoms with Crippen LogP contribution in [-0.2, 0) is 20.7 Å². The third-order valence-electron chi connectivity index (χ3n) is 4.20. The fourth-order valence-electron chi connectivity index (χ4n) is 3.06. The molecule has 0 amide bonds. The van der Waals surface area contributed by atoms with Crippen LogP contribution in [0.1, 0.15) is 44.6 Å². The van der Waals surface area contributed by atoms with Crippen LogP contribution < -0.4 is 0 Å². The molecule has 1 aromatic carbocycles. The van der Waals surface area contributed by atoms with Crippen LogP contribution in [0, 0.1) is 11.8 Å². The predicted octanol–water partition coefficient (Wildman–Crippen LogP) is 3.56. The average molecular weight is 288 g/mol. The van der Waals surface area contributed by atoms with E-state index in [1.807, 2.05) is 30.3 Å². The fraction of sp³-hybridized carbons (Fsp3) is 0.556. The summed E-state index contributed by atoms with van der Waals surface area (Å²) in [5.41, 5.74) is 1.01. The van der Waals surface area contributed by atoms with E-state index >= 15 is 0 Å². The van der Waals surface area contributed by atoms with Crippen LogP contribution in [0.25, 0.3) is 0 Å². The summed E-state index contributed by atoms with van der Waals surface area (Å²) in [6.45, 7) is 2.10. The lowest BCUT2D eigenvalue weighted by atomic mass is 9.80. The van der Waals surface area contributed by atoms with Crippen molar-refractivity contribution in [1.29, 1.82) is 0 Å². The van der Waals surface area contributed by atoms with Crippen LogP contribution in [0.3, 0.4) is 0 Å². The minimum Gasteiger partial charge on any atom is -0.465 e. The molecule has 0 radical (unpaired) electrons. The predicted molar refractivity (Wildman–Crippen MR) is 81.9 cm³/mol. The van der Waals surface area contributed by atoms with Gasteiger partial charge in [0.2, 0.25) is 0 Å². The first kappa shape index (κ1) is 15.7. The van der Waals surface area contributed by atoms with E-state index in [1.165, 1.54) is 6.42 Å². The highest BCUT2D eigenvalue weighted by molar-refractivity contribution is 6.00. The Kier molecular flexibility index (Phi) is 5.97. The number of esters is 1. The van der Waals surface area contributed by atoms with Crippen LogP contribution >= 0.6 is 0 Å². The highest BCUT2D eigenvalue weighted by Crippen LogP contribution is 2.28. The number of carbonyl (C=O) groups excluding carboxylic acids is 2. The highest BCUT2D eigenvalue weighted by Gasteiger charge is 2.33. The van der Waals surface area contributed by atoms with Gasteiger partial charge in [0, 0.05) is 5.92 Å². The van der Waals surface area contributed by atoms with Gasteiger partial charge >= 0.3 is 5.97 Å². The molecule has 1 saturated carbocycles. The molecule has 21 heavy (non-hydrogen) atoms. The van der Waals surface area contributed by atoms with Crippen molar-refractivity contribution in [3.63, 3.8) is 0 Å². The monoisotopic (exact) mass is 288 g/mol. The summed E-state index contributed by atoms with van der Waals surface area (Å²) < 4.78 is 5.13. The number of carbonyl (C=O) groups is 2. The van der Waals surface area contributed by atoms with Crippen molar-refractivity contribution in [1.82, 2.24) is 0 Å². The molecule has 1 aliphatic rings. The van der Waals surface area contributed by atoms with Crippen molar-refractivity contribution in [2.75, 3.05) is 6.61 Å². The van der Waals surface area contributed by atoms with Crippen LogP contribution in [0.4, 0.5) is 0 Å². The highest BCUT2D eigenvalue weighted by atomic mass is 16.5. The maximum absolute atomic E-state index is 12.7. The lowest BCUT2D eigenvalue weighted by Gasteiger charge is -2.24. The molecule has 0 heterocycles. The molecule has 114 valence electrons. The van der Waals surface area contributed by atoms with E-state index in [0.29, 0.717) is 13.0 Å². The number of rotatable bonds is 6. The minimum absolute atomic E-state index is 0.0388. The van der Waals surface area contributed by atoms with Gasteiger partial charge in [-0.25, -0.2) is 0 Å². The van der Waals surface area contributed by atoms with Gasteiger partial charge in [-0.2, -0.15) is 0 Å². The van der Waals surface area contributed by atoms with E-state index in [2.05, 4.69) is 0 Å². The van der Waals surface area contributed by atoms with Gasteiger partial charge < -0.3 is 4.74 Å². The van der Waals surface area contributed by atoms with Crippen molar-refractivity contribution >= 4 is 11.8 Å². The zero-order chi connectivity index (χ0) is 15.1. The minimum atomic E-state index is -0.643. The Hall–Kier alpha value is -1.64. The molecule has 0 bridgehead atoms. The van der Waals surface area contributed by atoms with E-state index in [1.54, 1.807) is 6.92 Å². The maximum Gasteiger partial charge on any atom is 0.316 e. The summed E-state index contributed by atoms with van der Waals surface area (Å²) in [5, 5.41) is 0. The van der Waals surface area contributed by atoms with E-state index in [-0.39, 0.29) is 17.7 Å². The molecule has 0 spiro atoms. The smallest absolute Gasteiger partial charge is 0.316 e. The molecule has 1 fully saturated rings.